The Morgan fingerprint density at radius 2 is 1.74 bits per heavy atom. The molecule has 2 rings (SSSR count). The maximum absolute atomic E-state index is 6.06. The number of nitrogens with two attached hydrogens (primary N) is 1. The molecule has 0 amide bonds. The van der Waals surface area contributed by atoms with E-state index in [0.29, 0.717) is 0 Å². The van der Waals surface area contributed by atoms with Crippen LogP contribution in [0.25, 0.3) is 0 Å². The molecule has 0 spiro atoms. The van der Waals surface area contributed by atoms with E-state index in [1.807, 2.05) is 0 Å². The highest BCUT2D eigenvalue weighted by Crippen LogP contribution is 2.28. The zero-order valence-electron chi connectivity index (χ0n) is 12.6. The Bertz CT molecular complexity index is 375. The van der Waals surface area contributed by atoms with E-state index in [-0.39, 0.29) is 6.04 Å². The summed E-state index contributed by atoms with van der Waals surface area (Å²) in [7, 11) is 0. The lowest BCUT2D eigenvalue weighted by Gasteiger charge is -2.35. The van der Waals surface area contributed by atoms with Crippen LogP contribution in [0.5, 0.6) is 0 Å². The van der Waals surface area contributed by atoms with Gasteiger partial charge in [-0.3, -0.25) is 0 Å². The Kier molecular flexibility index (Phi) is 4.87. The lowest BCUT2D eigenvalue weighted by Crippen LogP contribution is -2.35. The van der Waals surface area contributed by atoms with Crippen molar-refractivity contribution >= 4 is 5.69 Å². The Morgan fingerprint density at radius 3 is 2.21 bits per heavy atom. The Morgan fingerprint density at radius 1 is 1.16 bits per heavy atom. The highest BCUT2D eigenvalue weighted by molar-refractivity contribution is 5.48. The number of hydrogen-bond donors (Lipinski definition) is 1. The van der Waals surface area contributed by atoms with Crippen LogP contribution in [0, 0.1) is 11.8 Å². The molecule has 2 nitrogen and oxygen atoms in total. The summed E-state index contributed by atoms with van der Waals surface area (Å²) in [5.74, 6) is 1.73. The fourth-order valence-electron chi connectivity index (χ4n) is 2.99. The Hall–Kier alpha value is -1.02. The second-order valence-electron chi connectivity index (χ2n) is 6.17. The zero-order valence-corrected chi connectivity index (χ0v) is 12.6. The van der Waals surface area contributed by atoms with Crippen molar-refractivity contribution in [2.45, 2.75) is 46.1 Å². The number of benzene rings is 1. The first-order valence-electron chi connectivity index (χ1n) is 7.72. The molecule has 0 aromatic heterocycles. The maximum atomic E-state index is 6.06. The van der Waals surface area contributed by atoms with Gasteiger partial charge in [0.25, 0.3) is 0 Å². The van der Waals surface area contributed by atoms with Crippen molar-refractivity contribution in [3.63, 3.8) is 0 Å². The van der Waals surface area contributed by atoms with Crippen LogP contribution in [0.1, 0.15) is 51.6 Å². The molecule has 0 radical (unpaired) electrons. The topological polar surface area (TPSA) is 29.3 Å². The van der Waals surface area contributed by atoms with Crippen molar-refractivity contribution in [1.29, 1.82) is 0 Å². The van der Waals surface area contributed by atoms with Crippen molar-refractivity contribution in [2.24, 2.45) is 17.6 Å². The molecule has 1 saturated heterocycles. The quantitative estimate of drug-likeness (QED) is 0.887. The summed E-state index contributed by atoms with van der Waals surface area (Å²) in [5, 5.41) is 0. The van der Waals surface area contributed by atoms with E-state index in [4.69, 9.17) is 5.73 Å². The van der Waals surface area contributed by atoms with Gasteiger partial charge in [-0.05, 0) is 48.8 Å². The molecule has 2 N–H and O–H groups in total. The van der Waals surface area contributed by atoms with Gasteiger partial charge in [-0.25, -0.2) is 0 Å². The summed E-state index contributed by atoms with van der Waals surface area (Å²) in [6.07, 6.45) is 3.65. The summed E-state index contributed by atoms with van der Waals surface area (Å²) in [6.45, 7) is 9.22. The summed E-state index contributed by atoms with van der Waals surface area (Å²) in [6, 6.07) is 9.04. The van der Waals surface area contributed by atoms with E-state index in [9.17, 15) is 0 Å². The fraction of sp³-hybridized carbons (Fsp3) is 0.647. The average Bonchev–Trinajstić information content (AvgIpc) is 2.46. The molecule has 106 valence electrons. The standard InChI is InChI=1S/C17H28N2/c1-4-17(18)15-5-7-16(8-6-15)19-11-9-14(10-12-19)13(2)3/h5-8,13-14,17H,4,9-12,18H2,1-3H3/t17-/m0/s1. The molecule has 1 aliphatic heterocycles. The molecule has 0 unspecified atom stereocenters. The van der Waals surface area contributed by atoms with Gasteiger partial charge in [-0.2, -0.15) is 0 Å². The van der Waals surface area contributed by atoms with E-state index >= 15 is 0 Å². The molecule has 1 atom stereocenters. The van der Waals surface area contributed by atoms with Crippen LogP contribution in [0.15, 0.2) is 24.3 Å². The highest BCUT2D eigenvalue weighted by Gasteiger charge is 2.21. The minimum absolute atomic E-state index is 0.181. The van der Waals surface area contributed by atoms with Crippen LogP contribution in [0.4, 0.5) is 5.69 Å². The first-order valence-corrected chi connectivity index (χ1v) is 7.72. The molecule has 1 heterocycles. The van der Waals surface area contributed by atoms with Gasteiger partial charge in [0, 0.05) is 24.8 Å². The number of nitrogens with zero attached hydrogens (tertiary/aromatic N) is 1. The SMILES string of the molecule is CC[C@H](N)c1ccc(N2CCC(C(C)C)CC2)cc1. The van der Waals surface area contributed by atoms with Gasteiger partial charge in [0.15, 0.2) is 0 Å². The van der Waals surface area contributed by atoms with Crippen molar-refractivity contribution in [3.05, 3.63) is 29.8 Å². The minimum Gasteiger partial charge on any atom is -0.372 e. The van der Waals surface area contributed by atoms with Gasteiger partial charge >= 0.3 is 0 Å². The van der Waals surface area contributed by atoms with Crippen LogP contribution in [0.3, 0.4) is 0 Å². The summed E-state index contributed by atoms with van der Waals surface area (Å²) < 4.78 is 0. The molecule has 1 aromatic carbocycles. The highest BCUT2D eigenvalue weighted by atomic mass is 15.1. The zero-order chi connectivity index (χ0) is 13.8. The van der Waals surface area contributed by atoms with Crippen molar-refractivity contribution < 1.29 is 0 Å². The molecule has 19 heavy (non-hydrogen) atoms. The number of hydrogen-bond acceptors (Lipinski definition) is 2. The molecule has 0 saturated carbocycles. The first-order chi connectivity index (χ1) is 9.11. The average molecular weight is 260 g/mol. The largest absolute Gasteiger partial charge is 0.372 e. The van der Waals surface area contributed by atoms with Crippen LogP contribution in [-0.4, -0.2) is 13.1 Å². The Labute approximate surface area is 118 Å². The van der Waals surface area contributed by atoms with E-state index in [2.05, 4.69) is 49.9 Å². The molecule has 0 aliphatic carbocycles. The van der Waals surface area contributed by atoms with E-state index in [1.54, 1.807) is 0 Å². The fourth-order valence-corrected chi connectivity index (χ4v) is 2.99. The lowest BCUT2D eigenvalue weighted by atomic mass is 9.86. The molecule has 0 bridgehead atoms. The third-order valence-corrected chi connectivity index (χ3v) is 4.61. The van der Waals surface area contributed by atoms with Gasteiger partial charge in [-0.15, -0.1) is 0 Å². The molecule has 1 aromatic rings. The summed E-state index contributed by atoms with van der Waals surface area (Å²) >= 11 is 0. The second kappa shape index (κ2) is 6.42. The van der Waals surface area contributed by atoms with E-state index in [1.165, 1.54) is 37.2 Å². The normalized spacial score (nSPS) is 18.9. The van der Waals surface area contributed by atoms with E-state index in [0.717, 1.165) is 18.3 Å². The van der Waals surface area contributed by atoms with Crippen molar-refractivity contribution in [3.8, 4) is 0 Å². The molecule has 1 aliphatic rings. The predicted molar refractivity (Wildman–Crippen MR) is 83.4 cm³/mol. The Balaban J connectivity index is 1.96. The summed E-state index contributed by atoms with van der Waals surface area (Å²) in [5.41, 5.74) is 8.67. The predicted octanol–water partition coefficient (Wildman–Crippen LogP) is 3.97. The monoisotopic (exact) mass is 260 g/mol. The van der Waals surface area contributed by atoms with Gasteiger partial charge in [0.1, 0.15) is 0 Å². The van der Waals surface area contributed by atoms with Gasteiger partial charge in [0.05, 0.1) is 0 Å². The smallest absolute Gasteiger partial charge is 0.0366 e. The third kappa shape index (κ3) is 3.50. The lowest BCUT2D eigenvalue weighted by molar-refractivity contribution is 0.311. The van der Waals surface area contributed by atoms with Crippen LogP contribution < -0.4 is 10.6 Å². The van der Waals surface area contributed by atoms with Gasteiger partial charge < -0.3 is 10.6 Å². The van der Waals surface area contributed by atoms with Crippen molar-refractivity contribution in [1.82, 2.24) is 0 Å². The van der Waals surface area contributed by atoms with Gasteiger partial charge in [0.2, 0.25) is 0 Å². The summed E-state index contributed by atoms with van der Waals surface area (Å²) in [4.78, 5) is 2.51. The van der Waals surface area contributed by atoms with E-state index < -0.39 is 0 Å². The second-order valence-corrected chi connectivity index (χ2v) is 6.17. The maximum Gasteiger partial charge on any atom is 0.0366 e. The number of rotatable bonds is 4. The molecule has 1 fully saturated rings. The third-order valence-electron chi connectivity index (χ3n) is 4.61. The van der Waals surface area contributed by atoms with Crippen LogP contribution in [-0.2, 0) is 0 Å². The van der Waals surface area contributed by atoms with Crippen LogP contribution in [0.2, 0.25) is 0 Å². The van der Waals surface area contributed by atoms with Crippen molar-refractivity contribution in [2.75, 3.05) is 18.0 Å². The first kappa shape index (κ1) is 14.4. The molecular weight excluding hydrogens is 232 g/mol. The number of piperidine rings is 1. The molecule has 2 heteroatoms. The minimum atomic E-state index is 0.181. The van der Waals surface area contributed by atoms with Gasteiger partial charge in [-0.1, -0.05) is 32.9 Å². The molecular formula is C17H28N2. The van der Waals surface area contributed by atoms with Crippen LogP contribution >= 0.6 is 0 Å². The number of anilines is 1.